The summed E-state index contributed by atoms with van der Waals surface area (Å²) in [5, 5.41) is 8.33. The number of thiophene rings is 1. The summed E-state index contributed by atoms with van der Waals surface area (Å²) in [5.41, 5.74) is 0. The summed E-state index contributed by atoms with van der Waals surface area (Å²) >= 11 is 1.73. The van der Waals surface area contributed by atoms with E-state index in [1.807, 2.05) is 13.0 Å². The van der Waals surface area contributed by atoms with E-state index >= 15 is 0 Å². The van der Waals surface area contributed by atoms with Gasteiger partial charge in [-0.1, -0.05) is 13.0 Å². The third-order valence-electron chi connectivity index (χ3n) is 4.36. The minimum atomic E-state index is -3.33. The molecule has 2 unspecified atom stereocenters. The number of guanidine groups is 1. The van der Waals surface area contributed by atoms with Crippen LogP contribution in [0.15, 0.2) is 22.5 Å². The molecule has 7 nitrogen and oxygen atoms in total. The van der Waals surface area contributed by atoms with Gasteiger partial charge in [0.15, 0.2) is 5.96 Å². The predicted octanol–water partition coefficient (Wildman–Crippen LogP) is 1.90. The first-order chi connectivity index (χ1) is 13.0. The minimum Gasteiger partial charge on any atom is -0.377 e. The van der Waals surface area contributed by atoms with Crippen LogP contribution < -0.4 is 15.4 Å². The Labute approximate surface area is 167 Å². The SMILES string of the molecule is CCNC(=NCC(C)c1cccs1)NCCS(=O)(=O)NCC1CCCCO1. The van der Waals surface area contributed by atoms with Crippen molar-refractivity contribution in [1.82, 2.24) is 15.4 Å². The van der Waals surface area contributed by atoms with E-state index in [-0.39, 0.29) is 11.9 Å². The lowest BCUT2D eigenvalue weighted by Crippen LogP contribution is -2.42. The smallest absolute Gasteiger partial charge is 0.213 e. The molecule has 2 rings (SSSR count). The lowest BCUT2D eigenvalue weighted by Gasteiger charge is -2.22. The van der Waals surface area contributed by atoms with Gasteiger partial charge in [-0.2, -0.15) is 0 Å². The normalized spacial score (nSPS) is 19.6. The molecular weight excluding hydrogens is 384 g/mol. The molecule has 2 heterocycles. The van der Waals surface area contributed by atoms with Crippen molar-refractivity contribution in [1.29, 1.82) is 0 Å². The second-order valence-electron chi connectivity index (χ2n) is 6.72. The lowest BCUT2D eigenvalue weighted by atomic mass is 10.1. The third-order valence-corrected chi connectivity index (χ3v) is 6.82. The maximum absolute atomic E-state index is 12.2. The van der Waals surface area contributed by atoms with Crippen LogP contribution in [0.1, 0.15) is 43.9 Å². The van der Waals surface area contributed by atoms with Gasteiger partial charge in [0, 0.05) is 37.0 Å². The highest BCUT2D eigenvalue weighted by molar-refractivity contribution is 7.89. The van der Waals surface area contributed by atoms with E-state index in [2.05, 4.69) is 38.7 Å². The molecule has 0 radical (unpaired) electrons. The number of rotatable bonds is 10. The third kappa shape index (κ3) is 8.59. The van der Waals surface area contributed by atoms with Crippen LogP contribution in [0.5, 0.6) is 0 Å². The second-order valence-corrected chi connectivity index (χ2v) is 9.62. The highest BCUT2D eigenvalue weighted by Crippen LogP contribution is 2.20. The zero-order chi connectivity index (χ0) is 19.5. The first-order valence-corrected chi connectivity index (χ1v) is 12.2. The standard InChI is InChI=1S/C18H32N4O3S2/c1-3-19-18(21-13-15(2)17-8-6-11-26-17)20-9-12-27(23,24)22-14-16-7-4-5-10-25-16/h6,8,11,15-16,22H,3-5,7,9-10,12-14H2,1-2H3,(H2,19,20,21). The molecule has 0 amide bonds. The van der Waals surface area contributed by atoms with E-state index in [4.69, 9.17) is 4.74 Å². The molecule has 154 valence electrons. The molecule has 0 spiro atoms. The highest BCUT2D eigenvalue weighted by atomic mass is 32.2. The van der Waals surface area contributed by atoms with Crippen molar-refractivity contribution in [2.45, 2.75) is 45.1 Å². The van der Waals surface area contributed by atoms with E-state index in [0.717, 1.165) is 32.4 Å². The number of hydrogen-bond acceptors (Lipinski definition) is 5. The van der Waals surface area contributed by atoms with Crippen LogP contribution in [-0.2, 0) is 14.8 Å². The van der Waals surface area contributed by atoms with Crippen molar-refractivity contribution in [2.75, 3.05) is 38.5 Å². The Hall–Kier alpha value is -1.16. The quantitative estimate of drug-likeness (QED) is 0.400. The number of hydrogen-bond donors (Lipinski definition) is 3. The van der Waals surface area contributed by atoms with E-state index in [1.54, 1.807) is 11.3 Å². The molecular formula is C18H32N4O3S2. The molecule has 1 aromatic heterocycles. The van der Waals surface area contributed by atoms with Gasteiger partial charge >= 0.3 is 0 Å². The van der Waals surface area contributed by atoms with E-state index < -0.39 is 10.0 Å². The van der Waals surface area contributed by atoms with Crippen molar-refractivity contribution in [3.8, 4) is 0 Å². The Bertz CT molecular complexity index is 656. The molecule has 9 heteroatoms. The van der Waals surface area contributed by atoms with Gasteiger partial charge in [0.2, 0.25) is 10.0 Å². The Morgan fingerprint density at radius 3 is 2.93 bits per heavy atom. The Kier molecular flexibility index (Phi) is 9.53. The fraction of sp³-hybridized carbons (Fsp3) is 0.722. The number of ether oxygens (including phenoxy) is 1. The Balaban J connectivity index is 1.74. The van der Waals surface area contributed by atoms with Gasteiger partial charge in [0.25, 0.3) is 0 Å². The van der Waals surface area contributed by atoms with Crippen LogP contribution >= 0.6 is 11.3 Å². The number of aliphatic imine (C=N–C) groups is 1. The van der Waals surface area contributed by atoms with Crippen molar-refractivity contribution < 1.29 is 13.2 Å². The van der Waals surface area contributed by atoms with Crippen molar-refractivity contribution in [3.63, 3.8) is 0 Å². The fourth-order valence-corrected chi connectivity index (χ4v) is 4.53. The molecule has 0 saturated carbocycles. The first kappa shape index (κ1) is 22.1. The van der Waals surface area contributed by atoms with Crippen LogP contribution in [0.2, 0.25) is 0 Å². The maximum atomic E-state index is 12.2. The summed E-state index contributed by atoms with van der Waals surface area (Å²) in [4.78, 5) is 5.87. The van der Waals surface area contributed by atoms with Gasteiger partial charge in [-0.15, -0.1) is 11.3 Å². The zero-order valence-electron chi connectivity index (χ0n) is 16.2. The number of nitrogens with one attached hydrogen (secondary N) is 3. The highest BCUT2D eigenvalue weighted by Gasteiger charge is 2.17. The zero-order valence-corrected chi connectivity index (χ0v) is 17.9. The first-order valence-electron chi connectivity index (χ1n) is 9.64. The molecule has 1 aliphatic rings. The van der Waals surface area contributed by atoms with E-state index in [9.17, 15) is 8.42 Å². The van der Waals surface area contributed by atoms with Crippen LogP contribution in [0.3, 0.4) is 0 Å². The van der Waals surface area contributed by atoms with E-state index in [1.165, 1.54) is 4.88 Å². The summed E-state index contributed by atoms with van der Waals surface area (Å²) in [6.45, 7) is 6.89. The van der Waals surface area contributed by atoms with Crippen molar-refractivity contribution in [2.24, 2.45) is 4.99 Å². The molecule has 0 aromatic carbocycles. The largest absolute Gasteiger partial charge is 0.377 e. The summed E-state index contributed by atoms with van der Waals surface area (Å²) < 4.78 is 32.6. The molecule has 1 saturated heterocycles. The number of nitrogens with zero attached hydrogens (tertiary/aromatic N) is 1. The molecule has 1 aliphatic heterocycles. The van der Waals surface area contributed by atoms with Gasteiger partial charge < -0.3 is 15.4 Å². The van der Waals surface area contributed by atoms with Gasteiger partial charge in [-0.25, -0.2) is 13.1 Å². The summed E-state index contributed by atoms with van der Waals surface area (Å²) in [7, 11) is -3.33. The molecule has 0 aliphatic carbocycles. The monoisotopic (exact) mass is 416 g/mol. The van der Waals surface area contributed by atoms with Gasteiger partial charge in [-0.3, -0.25) is 4.99 Å². The predicted molar refractivity (Wildman–Crippen MR) is 112 cm³/mol. The number of sulfonamides is 1. The maximum Gasteiger partial charge on any atom is 0.213 e. The second kappa shape index (κ2) is 11.6. The molecule has 1 fully saturated rings. The fourth-order valence-electron chi connectivity index (χ4n) is 2.80. The van der Waals surface area contributed by atoms with Crippen molar-refractivity contribution in [3.05, 3.63) is 22.4 Å². The van der Waals surface area contributed by atoms with Gasteiger partial charge in [0.05, 0.1) is 18.4 Å². The van der Waals surface area contributed by atoms with Crippen LogP contribution in [0.25, 0.3) is 0 Å². The summed E-state index contributed by atoms with van der Waals surface area (Å²) in [5.74, 6) is 0.984. The molecule has 27 heavy (non-hydrogen) atoms. The summed E-state index contributed by atoms with van der Waals surface area (Å²) in [6.07, 6.45) is 3.07. The molecule has 2 atom stereocenters. The Morgan fingerprint density at radius 1 is 1.41 bits per heavy atom. The van der Waals surface area contributed by atoms with Crippen LogP contribution in [0, 0.1) is 0 Å². The molecule has 3 N–H and O–H groups in total. The Morgan fingerprint density at radius 2 is 2.26 bits per heavy atom. The van der Waals surface area contributed by atoms with Crippen LogP contribution in [-0.4, -0.2) is 59.0 Å². The van der Waals surface area contributed by atoms with Gasteiger partial charge in [0.1, 0.15) is 0 Å². The van der Waals surface area contributed by atoms with E-state index in [0.29, 0.717) is 31.5 Å². The minimum absolute atomic E-state index is 0.000829. The van der Waals surface area contributed by atoms with Crippen molar-refractivity contribution >= 4 is 27.3 Å². The average Bonchev–Trinajstić information content (AvgIpc) is 3.20. The summed E-state index contributed by atoms with van der Waals surface area (Å²) in [6, 6.07) is 4.15. The average molecular weight is 417 g/mol. The molecule has 0 bridgehead atoms. The lowest BCUT2D eigenvalue weighted by molar-refractivity contribution is 0.0200. The molecule has 1 aromatic rings. The topological polar surface area (TPSA) is 91.8 Å². The van der Waals surface area contributed by atoms with Crippen LogP contribution in [0.4, 0.5) is 0 Å². The van der Waals surface area contributed by atoms with Gasteiger partial charge in [-0.05, 0) is 37.6 Å².